The summed E-state index contributed by atoms with van der Waals surface area (Å²) < 4.78 is 9.61. The van der Waals surface area contributed by atoms with E-state index in [2.05, 4.69) is 26.3 Å². The summed E-state index contributed by atoms with van der Waals surface area (Å²) in [6, 6.07) is 0. The van der Waals surface area contributed by atoms with Crippen LogP contribution in [0.3, 0.4) is 0 Å². The highest BCUT2D eigenvalue weighted by Gasteiger charge is 2.28. The highest BCUT2D eigenvalue weighted by molar-refractivity contribution is 5.78. The summed E-state index contributed by atoms with van der Waals surface area (Å²) in [5.74, 6) is -5.33. The fraction of sp³-hybridized carbons (Fsp3) is 0.375. The van der Waals surface area contributed by atoms with E-state index in [0.717, 1.165) is 12.2 Å². The molecule has 0 aliphatic rings. The van der Waals surface area contributed by atoms with Crippen molar-refractivity contribution in [3.05, 3.63) is 50.6 Å². The SMILES string of the molecule is C=CCC(O)(C=C)OC(=O)CCC(=O)OC(O)(C=C)CC=C. The normalized spacial score (nSPS) is 15.5. The first-order valence-electron chi connectivity index (χ1n) is 6.61. The lowest BCUT2D eigenvalue weighted by Gasteiger charge is -2.24. The lowest BCUT2D eigenvalue weighted by atomic mass is 10.2. The number of hydrogen-bond donors (Lipinski definition) is 2. The summed E-state index contributed by atoms with van der Waals surface area (Å²) >= 11 is 0. The molecular weight excluding hydrogens is 288 g/mol. The van der Waals surface area contributed by atoms with E-state index in [-0.39, 0.29) is 25.7 Å². The maximum Gasteiger partial charge on any atom is 0.309 e. The largest absolute Gasteiger partial charge is 0.429 e. The fourth-order valence-corrected chi connectivity index (χ4v) is 1.45. The Morgan fingerprint density at radius 1 is 0.818 bits per heavy atom. The molecule has 0 aromatic heterocycles. The molecule has 6 nitrogen and oxygen atoms in total. The zero-order valence-electron chi connectivity index (χ0n) is 12.5. The summed E-state index contributed by atoms with van der Waals surface area (Å²) in [6.07, 6.45) is 4.15. The predicted octanol–water partition coefficient (Wildman–Crippen LogP) is 1.75. The van der Waals surface area contributed by atoms with Crippen molar-refractivity contribution in [2.45, 2.75) is 37.3 Å². The standard InChI is InChI=1S/C16H22O6/c1-5-11-15(19,7-3)21-13(17)9-10-14(18)22-16(20,8-4)12-6-2/h5-8,19-20H,1-4,9-12H2. The third-order valence-electron chi connectivity index (χ3n) is 2.63. The van der Waals surface area contributed by atoms with Crippen molar-refractivity contribution in [3.8, 4) is 0 Å². The molecule has 0 saturated carbocycles. The molecule has 0 rings (SSSR count). The number of esters is 2. The molecule has 6 heteroatoms. The van der Waals surface area contributed by atoms with Crippen LogP contribution in [-0.2, 0) is 19.1 Å². The molecule has 2 unspecified atom stereocenters. The Morgan fingerprint density at radius 3 is 1.36 bits per heavy atom. The summed E-state index contributed by atoms with van der Waals surface area (Å²) in [7, 11) is 0. The minimum atomic E-state index is -1.85. The number of carbonyl (C=O) groups is 2. The van der Waals surface area contributed by atoms with Crippen LogP contribution in [0.15, 0.2) is 50.6 Å². The summed E-state index contributed by atoms with van der Waals surface area (Å²) in [4.78, 5) is 23.2. The Bertz CT molecular complexity index is 414. The van der Waals surface area contributed by atoms with Gasteiger partial charge in [-0.1, -0.05) is 25.3 Å². The Hall–Kier alpha value is -2.18. The number of ether oxygens (including phenoxy) is 2. The van der Waals surface area contributed by atoms with Gasteiger partial charge in [-0.3, -0.25) is 9.59 Å². The molecule has 0 amide bonds. The van der Waals surface area contributed by atoms with Gasteiger partial charge in [-0.25, -0.2) is 0 Å². The van der Waals surface area contributed by atoms with Gasteiger partial charge in [-0.15, -0.1) is 13.2 Å². The summed E-state index contributed by atoms with van der Waals surface area (Å²) in [5, 5.41) is 19.7. The molecule has 0 aromatic carbocycles. The van der Waals surface area contributed by atoms with Crippen LogP contribution < -0.4 is 0 Å². The van der Waals surface area contributed by atoms with Crippen LogP contribution in [0.25, 0.3) is 0 Å². The zero-order valence-corrected chi connectivity index (χ0v) is 12.5. The average Bonchev–Trinajstić information content (AvgIpc) is 2.45. The van der Waals surface area contributed by atoms with Crippen LogP contribution >= 0.6 is 0 Å². The second kappa shape index (κ2) is 8.96. The van der Waals surface area contributed by atoms with Gasteiger partial charge in [0.2, 0.25) is 11.6 Å². The first-order valence-corrected chi connectivity index (χ1v) is 6.61. The van der Waals surface area contributed by atoms with Gasteiger partial charge in [0.15, 0.2) is 0 Å². The fourth-order valence-electron chi connectivity index (χ4n) is 1.45. The highest BCUT2D eigenvalue weighted by Crippen LogP contribution is 2.18. The number of aliphatic hydroxyl groups is 2. The lowest BCUT2D eigenvalue weighted by Crippen LogP contribution is -2.33. The van der Waals surface area contributed by atoms with Crippen molar-refractivity contribution < 1.29 is 29.3 Å². The minimum absolute atomic E-state index is 0.0256. The second-order valence-electron chi connectivity index (χ2n) is 4.53. The molecule has 0 fully saturated rings. The topological polar surface area (TPSA) is 93.1 Å². The van der Waals surface area contributed by atoms with E-state index in [1.807, 2.05) is 0 Å². The molecule has 0 aliphatic heterocycles. The van der Waals surface area contributed by atoms with Crippen LogP contribution in [-0.4, -0.2) is 33.7 Å². The third-order valence-corrected chi connectivity index (χ3v) is 2.63. The van der Waals surface area contributed by atoms with Gasteiger partial charge in [0.1, 0.15) is 0 Å². The average molecular weight is 310 g/mol. The van der Waals surface area contributed by atoms with Crippen molar-refractivity contribution >= 4 is 11.9 Å². The van der Waals surface area contributed by atoms with Gasteiger partial charge in [-0.05, 0) is 12.2 Å². The van der Waals surface area contributed by atoms with E-state index < -0.39 is 23.5 Å². The molecule has 0 radical (unpaired) electrons. The Morgan fingerprint density at radius 2 is 1.14 bits per heavy atom. The lowest BCUT2D eigenvalue weighted by molar-refractivity contribution is -0.196. The van der Waals surface area contributed by atoms with Crippen molar-refractivity contribution in [3.63, 3.8) is 0 Å². The molecule has 0 aliphatic carbocycles. The Labute approximate surface area is 130 Å². The first kappa shape index (κ1) is 19.8. The number of hydrogen-bond acceptors (Lipinski definition) is 6. The molecule has 122 valence electrons. The van der Waals surface area contributed by atoms with Crippen LogP contribution in [0.5, 0.6) is 0 Å². The monoisotopic (exact) mass is 310 g/mol. The smallest absolute Gasteiger partial charge is 0.309 e. The van der Waals surface area contributed by atoms with E-state index in [1.165, 1.54) is 12.2 Å². The minimum Gasteiger partial charge on any atom is -0.429 e. The second-order valence-corrected chi connectivity index (χ2v) is 4.53. The molecule has 0 aromatic rings. The number of carbonyl (C=O) groups excluding carboxylic acids is 2. The Kier molecular flexibility index (Phi) is 8.08. The van der Waals surface area contributed by atoms with Gasteiger partial charge in [0.25, 0.3) is 0 Å². The Balaban J connectivity index is 4.43. The zero-order chi connectivity index (χ0) is 17.2. The summed E-state index contributed by atoms with van der Waals surface area (Å²) in [5.41, 5.74) is 0. The molecule has 2 N–H and O–H groups in total. The van der Waals surface area contributed by atoms with E-state index in [4.69, 9.17) is 9.47 Å². The van der Waals surface area contributed by atoms with Gasteiger partial charge in [0.05, 0.1) is 12.8 Å². The predicted molar refractivity (Wildman–Crippen MR) is 81.3 cm³/mol. The molecule has 0 heterocycles. The van der Waals surface area contributed by atoms with E-state index in [1.54, 1.807) is 0 Å². The van der Waals surface area contributed by atoms with E-state index in [0.29, 0.717) is 0 Å². The van der Waals surface area contributed by atoms with Crippen molar-refractivity contribution in [2.24, 2.45) is 0 Å². The van der Waals surface area contributed by atoms with Crippen molar-refractivity contribution in [1.82, 2.24) is 0 Å². The van der Waals surface area contributed by atoms with E-state index in [9.17, 15) is 19.8 Å². The molecule has 22 heavy (non-hydrogen) atoms. The van der Waals surface area contributed by atoms with Crippen molar-refractivity contribution in [2.75, 3.05) is 0 Å². The maximum atomic E-state index is 11.6. The quantitative estimate of drug-likeness (QED) is 0.343. The van der Waals surface area contributed by atoms with Crippen LogP contribution in [0.1, 0.15) is 25.7 Å². The third kappa shape index (κ3) is 7.01. The highest BCUT2D eigenvalue weighted by atomic mass is 16.7. The number of rotatable bonds is 11. The van der Waals surface area contributed by atoms with Crippen LogP contribution in [0.2, 0.25) is 0 Å². The maximum absolute atomic E-state index is 11.6. The van der Waals surface area contributed by atoms with E-state index >= 15 is 0 Å². The van der Waals surface area contributed by atoms with Crippen LogP contribution in [0, 0.1) is 0 Å². The van der Waals surface area contributed by atoms with Crippen molar-refractivity contribution in [1.29, 1.82) is 0 Å². The van der Waals surface area contributed by atoms with Gasteiger partial charge in [0, 0.05) is 12.8 Å². The molecule has 0 bridgehead atoms. The molecule has 0 spiro atoms. The van der Waals surface area contributed by atoms with Gasteiger partial charge in [-0.2, -0.15) is 0 Å². The van der Waals surface area contributed by atoms with Gasteiger partial charge >= 0.3 is 11.9 Å². The van der Waals surface area contributed by atoms with Gasteiger partial charge < -0.3 is 19.7 Å². The molecule has 2 atom stereocenters. The van der Waals surface area contributed by atoms with Crippen LogP contribution in [0.4, 0.5) is 0 Å². The summed E-state index contributed by atoms with van der Waals surface area (Å²) in [6.45, 7) is 13.6. The first-order chi connectivity index (χ1) is 10.2. The molecular formula is C16H22O6. The molecule has 0 saturated heterocycles.